The first-order valence-corrected chi connectivity index (χ1v) is 23.0. The minimum Gasteiger partial charge on any atom is -0.508 e. The second-order valence-corrected chi connectivity index (χ2v) is 16.8. The van der Waals surface area contributed by atoms with Crippen molar-refractivity contribution in [3.8, 4) is 17.2 Å². The fourth-order valence-electron chi connectivity index (χ4n) is 7.80. The monoisotopic (exact) mass is 877 g/mol. The number of aromatic hydroxyl groups is 3. The fraction of sp³-hybridized carbons (Fsp3) is 0.451. The third kappa shape index (κ3) is 17.2. The number of unbranched alkanes of at least 4 members (excludes halogenated alkanes) is 10. The van der Waals surface area contributed by atoms with Crippen LogP contribution in [0.15, 0.2) is 97.1 Å². The average molecular weight is 878 g/mol. The van der Waals surface area contributed by atoms with Gasteiger partial charge < -0.3 is 46.2 Å². The topological polar surface area (TPSA) is 190 Å². The quantitative estimate of drug-likeness (QED) is 0.0314. The lowest BCUT2D eigenvalue weighted by Gasteiger charge is -2.29. The van der Waals surface area contributed by atoms with Crippen LogP contribution in [0, 0.1) is 0 Å². The number of carbonyl (C=O) groups excluding carboxylic acids is 4. The van der Waals surface area contributed by atoms with Crippen LogP contribution >= 0.6 is 0 Å². The number of nitrogens with one attached hydrogen (secondary N) is 4. The van der Waals surface area contributed by atoms with Gasteiger partial charge in [0, 0.05) is 50.1 Å². The summed E-state index contributed by atoms with van der Waals surface area (Å²) in [7, 11) is 0. The Bertz CT molecular complexity index is 2020. The first-order valence-electron chi connectivity index (χ1n) is 23.0. The highest BCUT2D eigenvalue weighted by atomic mass is 16.5. The van der Waals surface area contributed by atoms with Gasteiger partial charge in [-0.1, -0.05) is 108 Å². The summed E-state index contributed by atoms with van der Waals surface area (Å²) in [6, 6.07) is 23.1. The summed E-state index contributed by atoms with van der Waals surface area (Å²) in [4.78, 5) is 58.3. The van der Waals surface area contributed by atoms with E-state index in [-0.39, 0.29) is 48.8 Å². The minimum absolute atomic E-state index is 0.00696. The van der Waals surface area contributed by atoms with E-state index in [1.54, 1.807) is 48.5 Å². The van der Waals surface area contributed by atoms with Crippen molar-refractivity contribution in [1.29, 1.82) is 0 Å². The summed E-state index contributed by atoms with van der Waals surface area (Å²) in [5, 5.41) is 41.4. The Hall–Kier alpha value is -6.08. The Labute approximate surface area is 378 Å². The van der Waals surface area contributed by atoms with E-state index in [0.29, 0.717) is 42.0 Å². The number of carbonyl (C=O) groups is 4. The molecule has 0 radical (unpaired) electrons. The summed E-state index contributed by atoms with van der Waals surface area (Å²) in [5.41, 5.74) is 3.53. The number of ether oxygens (including phenoxy) is 1. The molecule has 13 heteroatoms. The molecular weight excluding hydrogens is 811 g/mol. The molecule has 1 saturated heterocycles. The lowest BCUT2D eigenvalue weighted by molar-refractivity contribution is -0.133. The number of rotatable bonds is 26. The zero-order valence-electron chi connectivity index (χ0n) is 37.2. The van der Waals surface area contributed by atoms with Crippen molar-refractivity contribution in [2.45, 2.75) is 121 Å². The van der Waals surface area contributed by atoms with E-state index in [2.05, 4.69) is 33.1 Å². The van der Waals surface area contributed by atoms with Gasteiger partial charge in [0.05, 0.1) is 13.2 Å². The van der Waals surface area contributed by atoms with E-state index < -0.39 is 35.8 Å². The summed E-state index contributed by atoms with van der Waals surface area (Å²) in [5.74, 6) is -1.86. The van der Waals surface area contributed by atoms with Gasteiger partial charge in [0.2, 0.25) is 23.6 Å². The highest BCUT2D eigenvalue weighted by Crippen LogP contribution is 2.21. The molecule has 0 spiro atoms. The Morgan fingerprint density at radius 1 is 0.516 bits per heavy atom. The van der Waals surface area contributed by atoms with E-state index >= 15 is 0 Å². The highest BCUT2D eigenvalue weighted by molar-refractivity contribution is 5.99. The number of benzene rings is 4. The molecule has 1 aliphatic heterocycles. The summed E-state index contributed by atoms with van der Waals surface area (Å²) < 4.78 is 5.47. The second-order valence-electron chi connectivity index (χ2n) is 16.8. The molecule has 0 saturated carbocycles. The number of amides is 4. The molecule has 4 aromatic rings. The lowest BCUT2D eigenvalue weighted by atomic mass is 10.0. The van der Waals surface area contributed by atoms with Gasteiger partial charge in [-0.2, -0.15) is 0 Å². The third-order valence-electron chi connectivity index (χ3n) is 11.6. The van der Waals surface area contributed by atoms with Crippen LogP contribution < -0.4 is 26.2 Å². The molecule has 1 fully saturated rings. The van der Waals surface area contributed by atoms with Gasteiger partial charge in [0.25, 0.3) is 0 Å². The zero-order valence-corrected chi connectivity index (χ0v) is 37.2. The number of hydrogen-bond acceptors (Lipinski definition) is 9. The van der Waals surface area contributed by atoms with Gasteiger partial charge in [-0.3, -0.25) is 19.2 Å². The maximum absolute atomic E-state index is 14.4. The summed E-state index contributed by atoms with van der Waals surface area (Å²) >= 11 is 0. The number of morpholine rings is 1. The molecular formula is C51H67N5O8. The van der Waals surface area contributed by atoms with Crippen LogP contribution in [0.4, 0.5) is 11.4 Å². The van der Waals surface area contributed by atoms with Crippen molar-refractivity contribution in [3.05, 3.63) is 114 Å². The van der Waals surface area contributed by atoms with Crippen LogP contribution in [-0.2, 0) is 43.2 Å². The standard InChI is InChI=1S/C51H67N5O8/c1-2-3-4-5-6-7-8-9-10-11-12-13-48(60)53-45(34-37-14-24-42(57)25-15-37)50(62)55-47(36-39-18-28-44(59)29-19-39)51(63)54-46(35-38-16-26-43(58)27-17-38)49(61)52-40-20-22-41(23-21-40)56-30-32-64-33-31-56/h14-29,45-47,57-59H,2-13,30-36H2,1H3,(H,52,61)(H,53,60)(H,54,63)(H,55,62)/t45-,46-,47-/m0/s1. The second kappa shape index (κ2) is 26.5. The van der Waals surface area contributed by atoms with Gasteiger partial charge in [0.1, 0.15) is 35.4 Å². The molecule has 0 aliphatic carbocycles. The SMILES string of the molecule is CCCCCCCCCCCCCC(=O)N[C@@H](Cc1ccc(O)cc1)C(=O)N[C@@H](Cc1ccc(O)cc1)C(=O)N[C@@H](Cc1ccc(O)cc1)C(=O)Nc1ccc(N2CCOCC2)cc1. The number of phenols is 3. The van der Waals surface area contributed by atoms with Gasteiger partial charge in [-0.05, 0) is 83.8 Å². The van der Waals surface area contributed by atoms with E-state index in [9.17, 15) is 34.5 Å². The first-order chi connectivity index (χ1) is 31.1. The molecule has 3 atom stereocenters. The summed E-state index contributed by atoms with van der Waals surface area (Å²) in [6.45, 7) is 5.02. The maximum atomic E-state index is 14.4. The molecule has 5 rings (SSSR count). The van der Waals surface area contributed by atoms with Gasteiger partial charge in [-0.15, -0.1) is 0 Å². The largest absolute Gasteiger partial charge is 0.508 e. The van der Waals surface area contributed by atoms with Crippen LogP contribution in [0.1, 0.15) is 101 Å². The molecule has 64 heavy (non-hydrogen) atoms. The molecule has 13 nitrogen and oxygen atoms in total. The molecule has 7 N–H and O–H groups in total. The Balaban J connectivity index is 1.29. The number of nitrogens with zero attached hydrogens (tertiary/aromatic N) is 1. The zero-order chi connectivity index (χ0) is 45.5. The highest BCUT2D eigenvalue weighted by Gasteiger charge is 2.31. The van der Waals surface area contributed by atoms with Gasteiger partial charge in [-0.25, -0.2) is 0 Å². The van der Waals surface area contributed by atoms with Crippen molar-refractivity contribution in [2.24, 2.45) is 0 Å². The van der Waals surface area contributed by atoms with Crippen LogP contribution in [0.25, 0.3) is 0 Å². The molecule has 1 aliphatic rings. The van der Waals surface area contributed by atoms with Crippen LogP contribution in [-0.4, -0.2) is 83.4 Å². The molecule has 4 amide bonds. The van der Waals surface area contributed by atoms with Gasteiger partial charge >= 0.3 is 0 Å². The smallest absolute Gasteiger partial charge is 0.247 e. The molecule has 0 unspecified atom stereocenters. The van der Waals surface area contributed by atoms with Gasteiger partial charge in [0.15, 0.2) is 0 Å². The molecule has 344 valence electrons. The number of anilines is 2. The van der Waals surface area contributed by atoms with E-state index in [1.807, 2.05) is 12.1 Å². The lowest BCUT2D eigenvalue weighted by Crippen LogP contribution is -2.57. The normalized spacial score (nSPS) is 13.9. The number of hydrogen-bond donors (Lipinski definition) is 7. The Morgan fingerprint density at radius 2 is 0.906 bits per heavy atom. The predicted octanol–water partition coefficient (Wildman–Crippen LogP) is 7.46. The van der Waals surface area contributed by atoms with Crippen molar-refractivity contribution >= 4 is 35.0 Å². The van der Waals surface area contributed by atoms with E-state index in [0.717, 1.165) is 38.0 Å². The minimum atomic E-state index is -1.20. The average Bonchev–Trinajstić information content (AvgIpc) is 3.30. The molecule has 0 aromatic heterocycles. The summed E-state index contributed by atoms with van der Waals surface area (Å²) in [6.07, 6.45) is 13.0. The van der Waals surface area contributed by atoms with Crippen LogP contribution in [0.2, 0.25) is 0 Å². The van der Waals surface area contributed by atoms with E-state index in [1.165, 1.54) is 81.3 Å². The van der Waals surface area contributed by atoms with Crippen molar-refractivity contribution in [3.63, 3.8) is 0 Å². The number of phenolic OH excluding ortho intramolecular Hbond substituents is 3. The third-order valence-corrected chi connectivity index (χ3v) is 11.6. The first kappa shape index (κ1) is 48.9. The Kier molecular flexibility index (Phi) is 20.3. The molecule has 0 bridgehead atoms. The predicted molar refractivity (Wildman–Crippen MR) is 250 cm³/mol. The molecule has 1 heterocycles. The fourth-order valence-corrected chi connectivity index (χ4v) is 7.80. The van der Waals surface area contributed by atoms with Crippen molar-refractivity contribution < 1.29 is 39.2 Å². The Morgan fingerprint density at radius 3 is 1.34 bits per heavy atom. The van der Waals surface area contributed by atoms with E-state index in [4.69, 9.17) is 4.74 Å². The van der Waals surface area contributed by atoms with Crippen molar-refractivity contribution in [1.82, 2.24) is 16.0 Å². The van der Waals surface area contributed by atoms with Crippen LogP contribution in [0.5, 0.6) is 17.2 Å². The maximum Gasteiger partial charge on any atom is 0.247 e. The van der Waals surface area contributed by atoms with Crippen LogP contribution in [0.3, 0.4) is 0 Å². The van der Waals surface area contributed by atoms with Crippen molar-refractivity contribution in [2.75, 3.05) is 36.5 Å². The molecule has 4 aromatic carbocycles.